The first-order valence-corrected chi connectivity index (χ1v) is 7.87. The molecule has 2 atom stereocenters. The monoisotopic (exact) mass is 277 g/mol. The Bertz CT molecular complexity index is 419. The Morgan fingerprint density at radius 1 is 1.20 bits per heavy atom. The highest BCUT2D eigenvalue weighted by molar-refractivity contribution is 5.33. The van der Waals surface area contributed by atoms with Gasteiger partial charge in [-0.25, -0.2) is 0 Å². The van der Waals surface area contributed by atoms with E-state index in [1.807, 2.05) is 6.92 Å². The van der Waals surface area contributed by atoms with Crippen LogP contribution < -0.4 is 5.32 Å². The maximum atomic E-state index is 9.96. The van der Waals surface area contributed by atoms with Gasteiger partial charge in [0, 0.05) is 6.54 Å². The first kappa shape index (κ1) is 15.5. The molecule has 0 heterocycles. The van der Waals surface area contributed by atoms with Gasteiger partial charge >= 0.3 is 0 Å². The molecule has 3 heteroatoms. The van der Waals surface area contributed by atoms with Crippen LogP contribution in [0.15, 0.2) is 18.2 Å². The van der Waals surface area contributed by atoms with Crippen molar-refractivity contribution in [2.45, 2.75) is 64.1 Å². The van der Waals surface area contributed by atoms with Crippen LogP contribution in [0, 0.1) is 0 Å². The van der Waals surface area contributed by atoms with Gasteiger partial charge < -0.3 is 15.5 Å². The molecule has 20 heavy (non-hydrogen) atoms. The Hall–Kier alpha value is -0.900. The van der Waals surface area contributed by atoms with Crippen molar-refractivity contribution in [1.29, 1.82) is 0 Å². The summed E-state index contributed by atoms with van der Waals surface area (Å²) in [5.74, 6) is 0. The Kier molecular flexibility index (Phi) is 6.02. The highest BCUT2D eigenvalue weighted by atomic mass is 16.3. The number of fused-ring (bicyclic) bond motifs is 1. The minimum Gasteiger partial charge on any atom is -0.395 e. The number of hydrogen-bond donors (Lipinski definition) is 3. The summed E-state index contributed by atoms with van der Waals surface area (Å²) < 4.78 is 0. The molecule has 3 N–H and O–H groups in total. The quantitative estimate of drug-likeness (QED) is 0.716. The summed E-state index contributed by atoms with van der Waals surface area (Å²) in [6, 6.07) is 6.45. The third-order valence-corrected chi connectivity index (χ3v) is 4.23. The van der Waals surface area contributed by atoms with Gasteiger partial charge in [-0.15, -0.1) is 0 Å². The van der Waals surface area contributed by atoms with Crippen molar-refractivity contribution >= 4 is 0 Å². The van der Waals surface area contributed by atoms with Crippen molar-refractivity contribution in [2.75, 3.05) is 6.61 Å². The van der Waals surface area contributed by atoms with Gasteiger partial charge in [0.2, 0.25) is 0 Å². The Labute approximate surface area is 122 Å². The molecule has 0 amide bonds. The number of rotatable bonds is 7. The van der Waals surface area contributed by atoms with Gasteiger partial charge in [0.1, 0.15) is 0 Å². The summed E-state index contributed by atoms with van der Waals surface area (Å²) in [5.41, 5.74) is 4.21. The molecule has 2 unspecified atom stereocenters. The number of aliphatic hydroxyl groups excluding tert-OH is 2. The lowest BCUT2D eigenvalue weighted by atomic mass is 9.90. The van der Waals surface area contributed by atoms with E-state index in [1.54, 1.807) is 0 Å². The van der Waals surface area contributed by atoms with Crippen molar-refractivity contribution < 1.29 is 10.2 Å². The van der Waals surface area contributed by atoms with Gasteiger partial charge in [-0.1, -0.05) is 31.5 Å². The zero-order valence-electron chi connectivity index (χ0n) is 12.4. The molecular formula is C17H27NO2. The van der Waals surface area contributed by atoms with E-state index >= 15 is 0 Å². The third kappa shape index (κ3) is 4.05. The first-order valence-electron chi connectivity index (χ1n) is 7.87. The van der Waals surface area contributed by atoms with Crippen LogP contribution in [0.25, 0.3) is 0 Å². The molecule has 0 radical (unpaired) electrons. The fraction of sp³-hybridized carbons (Fsp3) is 0.647. The highest BCUT2D eigenvalue weighted by Gasteiger charge is 2.17. The molecule has 0 aromatic heterocycles. The molecule has 1 aliphatic rings. The largest absolute Gasteiger partial charge is 0.395 e. The van der Waals surface area contributed by atoms with E-state index in [0.29, 0.717) is 6.54 Å². The summed E-state index contributed by atoms with van der Waals surface area (Å²) in [4.78, 5) is 0. The lowest BCUT2D eigenvalue weighted by Gasteiger charge is -2.23. The lowest BCUT2D eigenvalue weighted by molar-refractivity contribution is 0.0819. The SMILES string of the molecule is CCCC(O)C(CO)NCc1ccc2c(c1)CCCC2. The molecule has 0 saturated carbocycles. The number of aliphatic hydroxyl groups is 2. The van der Waals surface area contributed by atoms with Crippen molar-refractivity contribution in [2.24, 2.45) is 0 Å². The highest BCUT2D eigenvalue weighted by Crippen LogP contribution is 2.22. The maximum Gasteiger partial charge on any atom is 0.0715 e. The standard InChI is InChI=1S/C17H27NO2/c1-2-5-17(20)16(12-19)18-11-13-8-9-14-6-3-4-7-15(14)10-13/h8-10,16-20H,2-7,11-12H2,1H3. The second-order valence-electron chi connectivity index (χ2n) is 5.84. The van der Waals surface area contributed by atoms with Crippen LogP contribution in [0.3, 0.4) is 0 Å². The smallest absolute Gasteiger partial charge is 0.0715 e. The average Bonchev–Trinajstić information content (AvgIpc) is 2.48. The second kappa shape index (κ2) is 7.77. The Morgan fingerprint density at radius 3 is 2.65 bits per heavy atom. The van der Waals surface area contributed by atoms with Crippen LogP contribution in [-0.4, -0.2) is 29.0 Å². The van der Waals surface area contributed by atoms with Gasteiger partial charge in [-0.2, -0.15) is 0 Å². The van der Waals surface area contributed by atoms with E-state index < -0.39 is 6.10 Å². The molecule has 3 nitrogen and oxygen atoms in total. The molecule has 112 valence electrons. The summed E-state index contributed by atoms with van der Waals surface area (Å²) in [7, 11) is 0. The minimum atomic E-state index is -0.470. The van der Waals surface area contributed by atoms with E-state index in [4.69, 9.17) is 0 Å². The summed E-state index contributed by atoms with van der Waals surface area (Å²) in [6.45, 7) is 2.73. The van der Waals surface area contributed by atoms with Crippen LogP contribution in [0.2, 0.25) is 0 Å². The van der Waals surface area contributed by atoms with E-state index in [2.05, 4.69) is 23.5 Å². The van der Waals surface area contributed by atoms with Crippen LogP contribution in [0.5, 0.6) is 0 Å². The fourth-order valence-electron chi connectivity index (χ4n) is 2.96. The van der Waals surface area contributed by atoms with Crippen LogP contribution >= 0.6 is 0 Å². The zero-order chi connectivity index (χ0) is 14.4. The molecule has 0 bridgehead atoms. The summed E-state index contributed by atoms with van der Waals surface area (Å²) in [5, 5.41) is 22.6. The molecule has 0 spiro atoms. The van der Waals surface area contributed by atoms with Crippen LogP contribution in [-0.2, 0) is 19.4 Å². The van der Waals surface area contributed by atoms with Crippen LogP contribution in [0.4, 0.5) is 0 Å². The second-order valence-corrected chi connectivity index (χ2v) is 5.84. The van der Waals surface area contributed by atoms with E-state index in [9.17, 15) is 10.2 Å². The molecule has 0 saturated heterocycles. The fourth-order valence-corrected chi connectivity index (χ4v) is 2.96. The number of benzene rings is 1. The number of nitrogens with one attached hydrogen (secondary N) is 1. The van der Waals surface area contributed by atoms with Gasteiger partial charge in [0.15, 0.2) is 0 Å². The normalized spacial score (nSPS) is 17.6. The average molecular weight is 277 g/mol. The molecular weight excluding hydrogens is 250 g/mol. The topological polar surface area (TPSA) is 52.5 Å². The molecule has 2 rings (SSSR count). The Balaban J connectivity index is 1.92. The minimum absolute atomic E-state index is 0.0217. The van der Waals surface area contributed by atoms with Gasteiger partial charge in [0.25, 0.3) is 0 Å². The van der Waals surface area contributed by atoms with Crippen molar-refractivity contribution in [3.63, 3.8) is 0 Å². The molecule has 1 aromatic carbocycles. The predicted octanol–water partition coefficient (Wildman–Crippen LogP) is 2.18. The summed E-state index contributed by atoms with van der Waals surface area (Å²) in [6.07, 6.45) is 6.17. The first-order chi connectivity index (χ1) is 9.74. The molecule has 1 aliphatic carbocycles. The lowest BCUT2D eigenvalue weighted by Crippen LogP contribution is -2.42. The predicted molar refractivity (Wildman–Crippen MR) is 81.7 cm³/mol. The third-order valence-electron chi connectivity index (χ3n) is 4.23. The zero-order valence-corrected chi connectivity index (χ0v) is 12.4. The van der Waals surface area contributed by atoms with E-state index in [0.717, 1.165) is 12.8 Å². The number of hydrogen-bond acceptors (Lipinski definition) is 3. The van der Waals surface area contributed by atoms with Gasteiger partial charge in [-0.05, 0) is 48.8 Å². The Morgan fingerprint density at radius 2 is 1.95 bits per heavy atom. The van der Waals surface area contributed by atoms with E-state index in [1.165, 1.54) is 42.4 Å². The molecule has 0 fully saturated rings. The summed E-state index contributed by atoms with van der Waals surface area (Å²) >= 11 is 0. The van der Waals surface area contributed by atoms with Crippen molar-refractivity contribution in [3.05, 3.63) is 34.9 Å². The maximum absolute atomic E-state index is 9.96. The van der Waals surface area contributed by atoms with E-state index in [-0.39, 0.29) is 12.6 Å². The van der Waals surface area contributed by atoms with Gasteiger partial charge in [0.05, 0.1) is 18.8 Å². The number of aryl methyl sites for hydroxylation is 2. The molecule has 1 aromatic rings. The van der Waals surface area contributed by atoms with Crippen molar-refractivity contribution in [3.8, 4) is 0 Å². The van der Waals surface area contributed by atoms with Crippen LogP contribution in [0.1, 0.15) is 49.3 Å². The molecule has 0 aliphatic heterocycles. The van der Waals surface area contributed by atoms with Crippen molar-refractivity contribution in [1.82, 2.24) is 5.32 Å². The van der Waals surface area contributed by atoms with Gasteiger partial charge in [-0.3, -0.25) is 0 Å².